The second-order valence-corrected chi connectivity index (χ2v) is 6.45. The van der Waals surface area contributed by atoms with Gasteiger partial charge < -0.3 is 9.64 Å². The average Bonchev–Trinajstić information content (AvgIpc) is 2.61. The van der Waals surface area contributed by atoms with E-state index < -0.39 is 5.82 Å². The summed E-state index contributed by atoms with van der Waals surface area (Å²) in [6.45, 7) is 2.74. The molecule has 3 rings (SSSR count). The Kier molecular flexibility index (Phi) is 5.34. The Morgan fingerprint density at radius 1 is 1.24 bits per heavy atom. The summed E-state index contributed by atoms with van der Waals surface area (Å²) < 4.78 is 20.0. The van der Waals surface area contributed by atoms with E-state index >= 15 is 0 Å². The molecule has 0 radical (unpaired) electrons. The number of likely N-dealkylation sites (tertiary alicyclic amines) is 1. The Labute approximate surface area is 147 Å². The molecule has 4 nitrogen and oxygen atoms in total. The zero-order valence-corrected chi connectivity index (χ0v) is 14.5. The first-order valence-electron chi connectivity index (χ1n) is 8.58. The first-order chi connectivity index (χ1) is 12.0. The normalized spacial score (nSPS) is 18.9. The number of para-hydroxylation sites is 1. The molecule has 1 fully saturated rings. The predicted octanol–water partition coefficient (Wildman–Crippen LogP) is 3.89. The molecule has 0 bridgehead atoms. The van der Waals surface area contributed by atoms with Crippen molar-refractivity contribution in [2.45, 2.75) is 31.8 Å². The van der Waals surface area contributed by atoms with Crippen molar-refractivity contribution < 1.29 is 13.9 Å². The molecular formula is C20H23FN2O2. The second-order valence-electron chi connectivity index (χ2n) is 6.45. The van der Waals surface area contributed by atoms with E-state index in [1.807, 2.05) is 38.2 Å². The van der Waals surface area contributed by atoms with Crippen molar-refractivity contribution in [2.75, 3.05) is 13.6 Å². The fraction of sp³-hybridized carbons (Fsp3) is 0.350. The van der Waals surface area contributed by atoms with Crippen LogP contribution in [0, 0.1) is 5.82 Å². The molecular weight excluding hydrogens is 319 g/mol. The third kappa shape index (κ3) is 4.17. The van der Waals surface area contributed by atoms with E-state index in [4.69, 9.17) is 4.74 Å². The zero-order valence-electron chi connectivity index (χ0n) is 14.5. The van der Waals surface area contributed by atoms with Gasteiger partial charge in [-0.2, -0.15) is 0 Å². The standard InChI is InChI=1S/C20H23FN2O2/c1-14(22-18-9-6-12-23(2)20(18)24)15-10-11-19(17(21)13-15)25-16-7-4-3-5-8-16/h3-5,7-8,10-11,13-14,18,22H,6,9,12H2,1-2H3. The molecule has 1 heterocycles. The van der Waals surface area contributed by atoms with Crippen LogP contribution in [0.15, 0.2) is 48.5 Å². The van der Waals surface area contributed by atoms with Gasteiger partial charge in [-0.1, -0.05) is 24.3 Å². The van der Waals surface area contributed by atoms with E-state index in [0.29, 0.717) is 5.75 Å². The van der Waals surface area contributed by atoms with Crippen molar-refractivity contribution in [1.82, 2.24) is 10.2 Å². The molecule has 132 valence electrons. The van der Waals surface area contributed by atoms with Gasteiger partial charge in [-0.25, -0.2) is 4.39 Å². The van der Waals surface area contributed by atoms with E-state index in [1.54, 1.807) is 23.1 Å². The molecule has 1 aliphatic rings. The highest BCUT2D eigenvalue weighted by molar-refractivity contribution is 5.82. The van der Waals surface area contributed by atoms with Gasteiger partial charge in [-0.3, -0.25) is 10.1 Å². The van der Waals surface area contributed by atoms with Crippen LogP contribution in [-0.2, 0) is 4.79 Å². The van der Waals surface area contributed by atoms with Crippen LogP contribution in [0.4, 0.5) is 4.39 Å². The number of ether oxygens (including phenoxy) is 1. The molecule has 0 aromatic heterocycles. The van der Waals surface area contributed by atoms with Crippen LogP contribution in [0.25, 0.3) is 0 Å². The quantitative estimate of drug-likeness (QED) is 0.896. The lowest BCUT2D eigenvalue weighted by Gasteiger charge is -2.31. The molecule has 0 saturated carbocycles. The minimum atomic E-state index is -0.415. The van der Waals surface area contributed by atoms with Crippen LogP contribution in [0.2, 0.25) is 0 Å². The van der Waals surface area contributed by atoms with E-state index in [0.717, 1.165) is 24.9 Å². The number of nitrogens with one attached hydrogen (secondary N) is 1. The smallest absolute Gasteiger partial charge is 0.239 e. The van der Waals surface area contributed by atoms with Crippen LogP contribution in [0.3, 0.4) is 0 Å². The van der Waals surface area contributed by atoms with Gasteiger partial charge in [0.1, 0.15) is 5.75 Å². The molecule has 0 spiro atoms. The number of likely N-dealkylation sites (N-methyl/N-ethyl adjacent to an activating group) is 1. The monoisotopic (exact) mass is 342 g/mol. The highest BCUT2D eigenvalue weighted by atomic mass is 19.1. The average molecular weight is 342 g/mol. The van der Waals surface area contributed by atoms with Gasteiger partial charge in [0.15, 0.2) is 11.6 Å². The molecule has 2 atom stereocenters. The summed E-state index contributed by atoms with van der Waals surface area (Å²) >= 11 is 0. The summed E-state index contributed by atoms with van der Waals surface area (Å²) in [5, 5.41) is 3.31. The van der Waals surface area contributed by atoms with E-state index in [-0.39, 0.29) is 23.7 Å². The topological polar surface area (TPSA) is 41.6 Å². The number of amides is 1. The Bertz CT molecular complexity index is 736. The predicted molar refractivity (Wildman–Crippen MR) is 95.1 cm³/mol. The fourth-order valence-corrected chi connectivity index (χ4v) is 3.07. The van der Waals surface area contributed by atoms with Crippen molar-refractivity contribution in [2.24, 2.45) is 0 Å². The Balaban J connectivity index is 1.68. The maximum Gasteiger partial charge on any atom is 0.239 e. The van der Waals surface area contributed by atoms with Crippen LogP contribution < -0.4 is 10.1 Å². The van der Waals surface area contributed by atoms with Gasteiger partial charge in [-0.05, 0) is 49.6 Å². The third-order valence-electron chi connectivity index (χ3n) is 4.54. The molecule has 2 aromatic rings. The molecule has 1 N–H and O–H groups in total. The Hall–Kier alpha value is -2.40. The van der Waals surface area contributed by atoms with Crippen LogP contribution in [-0.4, -0.2) is 30.4 Å². The number of carbonyl (C=O) groups is 1. The van der Waals surface area contributed by atoms with Crippen LogP contribution in [0.5, 0.6) is 11.5 Å². The number of halogens is 1. The molecule has 25 heavy (non-hydrogen) atoms. The van der Waals surface area contributed by atoms with Gasteiger partial charge >= 0.3 is 0 Å². The lowest BCUT2D eigenvalue weighted by Crippen LogP contribution is -2.49. The number of carbonyl (C=O) groups excluding carboxylic acids is 1. The summed E-state index contributed by atoms with van der Waals surface area (Å²) in [4.78, 5) is 13.9. The van der Waals surface area contributed by atoms with Crippen LogP contribution in [0.1, 0.15) is 31.4 Å². The summed E-state index contributed by atoms with van der Waals surface area (Å²) in [6.07, 6.45) is 1.79. The minimum Gasteiger partial charge on any atom is -0.454 e. The number of hydrogen-bond donors (Lipinski definition) is 1. The molecule has 2 aromatic carbocycles. The molecule has 1 amide bonds. The van der Waals surface area contributed by atoms with Gasteiger partial charge in [0.2, 0.25) is 5.91 Å². The molecule has 0 aliphatic carbocycles. The number of nitrogens with zero attached hydrogens (tertiary/aromatic N) is 1. The molecule has 2 unspecified atom stereocenters. The van der Waals surface area contributed by atoms with E-state index in [9.17, 15) is 9.18 Å². The van der Waals surface area contributed by atoms with Crippen molar-refractivity contribution in [3.63, 3.8) is 0 Å². The van der Waals surface area contributed by atoms with E-state index in [1.165, 1.54) is 6.07 Å². The van der Waals surface area contributed by atoms with Gasteiger partial charge in [-0.15, -0.1) is 0 Å². The lowest BCUT2D eigenvalue weighted by atomic mass is 10.0. The maximum atomic E-state index is 14.4. The molecule has 5 heteroatoms. The second kappa shape index (κ2) is 7.66. The van der Waals surface area contributed by atoms with Crippen LogP contribution >= 0.6 is 0 Å². The van der Waals surface area contributed by atoms with Gasteiger partial charge in [0.05, 0.1) is 6.04 Å². The van der Waals surface area contributed by atoms with E-state index in [2.05, 4.69) is 5.32 Å². The third-order valence-corrected chi connectivity index (χ3v) is 4.54. The van der Waals surface area contributed by atoms with Gasteiger partial charge in [0.25, 0.3) is 0 Å². The number of benzene rings is 2. The minimum absolute atomic E-state index is 0.0996. The highest BCUT2D eigenvalue weighted by Gasteiger charge is 2.27. The Morgan fingerprint density at radius 2 is 2.00 bits per heavy atom. The summed E-state index contributed by atoms with van der Waals surface area (Å²) in [5.41, 5.74) is 0.791. The first kappa shape index (κ1) is 17.4. The molecule has 1 saturated heterocycles. The van der Waals surface area contributed by atoms with Crippen molar-refractivity contribution in [1.29, 1.82) is 0 Å². The summed E-state index contributed by atoms with van der Waals surface area (Å²) in [7, 11) is 1.82. The number of rotatable bonds is 5. The SMILES string of the molecule is CC(NC1CCCN(C)C1=O)c1ccc(Oc2ccccc2)c(F)c1. The maximum absolute atomic E-state index is 14.4. The summed E-state index contributed by atoms with van der Waals surface area (Å²) in [5.74, 6) is 0.469. The number of piperidine rings is 1. The fourth-order valence-electron chi connectivity index (χ4n) is 3.07. The first-order valence-corrected chi connectivity index (χ1v) is 8.58. The Morgan fingerprint density at radius 3 is 2.72 bits per heavy atom. The van der Waals surface area contributed by atoms with Gasteiger partial charge in [0, 0.05) is 19.6 Å². The van der Waals surface area contributed by atoms with Crippen molar-refractivity contribution in [3.05, 3.63) is 59.9 Å². The largest absolute Gasteiger partial charge is 0.454 e. The van der Waals surface area contributed by atoms with Crippen molar-refractivity contribution in [3.8, 4) is 11.5 Å². The lowest BCUT2D eigenvalue weighted by molar-refractivity contribution is -0.134. The highest BCUT2D eigenvalue weighted by Crippen LogP contribution is 2.27. The summed E-state index contributed by atoms with van der Waals surface area (Å²) in [6, 6.07) is 13.7. The zero-order chi connectivity index (χ0) is 17.8. The number of hydrogen-bond acceptors (Lipinski definition) is 3. The molecule has 1 aliphatic heterocycles. The van der Waals surface area contributed by atoms with Crippen molar-refractivity contribution >= 4 is 5.91 Å².